The zero-order chi connectivity index (χ0) is 38.3. The maximum Gasteiger partial charge on any atom is 0.164 e. The van der Waals surface area contributed by atoms with Crippen molar-refractivity contribution in [3.8, 4) is 90.3 Å². The molecule has 0 bridgehead atoms. The lowest BCUT2D eigenvalue weighted by molar-refractivity contribution is 0.660. The van der Waals surface area contributed by atoms with Crippen LogP contribution in [-0.4, -0.2) is 24.9 Å². The Morgan fingerprint density at radius 3 is 1.35 bits per heavy atom. The zero-order valence-electron chi connectivity index (χ0n) is 31.6. The van der Waals surface area contributed by atoms with Crippen molar-refractivity contribution in [2.75, 3.05) is 0 Å². The zero-order valence-corrected chi connectivity index (χ0v) is 31.6. The molecule has 5 nitrogen and oxygen atoms in total. The molecule has 0 amide bonds. The Morgan fingerprint density at radius 1 is 0.281 bits per heavy atom. The molecular formula is C52H37N5. The van der Waals surface area contributed by atoms with Gasteiger partial charge in [0.2, 0.25) is 0 Å². The molecule has 7 aromatic carbocycles. The average Bonchev–Trinajstić information content (AvgIpc) is 3.52. The van der Waals surface area contributed by atoms with E-state index in [9.17, 15) is 0 Å². The van der Waals surface area contributed by atoms with E-state index in [1.54, 1.807) is 0 Å². The number of hydrogen-bond acceptors (Lipinski definition) is 5. The number of nitrogens with zero attached hydrogens (tertiary/aromatic N) is 5. The van der Waals surface area contributed by atoms with E-state index in [0.29, 0.717) is 23.3 Å². The molecule has 1 aliphatic rings. The smallest absolute Gasteiger partial charge is 0.164 e. The second kappa shape index (κ2) is 14.0. The number of benzene rings is 7. The summed E-state index contributed by atoms with van der Waals surface area (Å²) in [6.45, 7) is 4.61. The van der Waals surface area contributed by atoms with Crippen molar-refractivity contribution in [3.05, 3.63) is 199 Å². The number of fused-ring (bicyclic) bond motifs is 3. The summed E-state index contributed by atoms with van der Waals surface area (Å²) in [5, 5.41) is 0. The van der Waals surface area contributed by atoms with Gasteiger partial charge in [-0.15, -0.1) is 0 Å². The van der Waals surface area contributed by atoms with E-state index in [0.717, 1.165) is 55.9 Å². The highest BCUT2D eigenvalue weighted by molar-refractivity contribution is 5.84. The van der Waals surface area contributed by atoms with Crippen LogP contribution in [0.5, 0.6) is 0 Å². The molecule has 2 heterocycles. The molecule has 9 aromatic rings. The second-order valence-corrected chi connectivity index (χ2v) is 15.0. The fourth-order valence-corrected chi connectivity index (χ4v) is 7.93. The third-order valence-corrected chi connectivity index (χ3v) is 11.0. The van der Waals surface area contributed by atoms with Crippen LogP contribution < -0.4 is 0 Å². The van der Waals surface area contributed by atoms with Crippen LogP contribution in [0.3, 0.4) is 0 Å². The van der Waals surface area contributed by atoms with Crippen molar-refractivity contribution in [2.24, 2.45) is 0 Å². The van der Waals surface area contributed by atoms with E-state index >= 15 is 0 Å². The number of hydrogen-bond donors (Lipinski definition) is 0. The van der Waals surface area contributed by atoms with Crippen molar-refractivity contribution in [2.45, 2.75) is 19.3 Å². The first kappa shape index (κ1) is 34.1. The SMILES string of the molecule is CC1(C)c2ccccc2-c2ccc(-c3nc(-c4ccccc4)cc(-c4cccc(-c5ccc(-c6nc(-c7ccccc7)nc(-c7ccccc7)n6)cc5)c4)n3)cc21. The number of aromatic nitrogens is 5. The Labute approximate surface area is 332 Å². The Bertz CT molecular complexity index is 2850. The first-order valence-electron chi connectivity index (χ1n) is 19.3. The van der Waals surface area contributed by atoms with Gasteiger partial charge < -0.3 is 0 Å². The van der Waals surface area contributed by atoms with Crippen LogP contribution in [0.4, 0.5) is 0 Å². The normalized spacial score (nSPS) is 12.5. The lowest BCUT2D eigenvalue weighted by Crippen LogP contribution is -2.15. The first-order chi connectivity index (χ1) is 28.0. The van der Waals surface area contributed by atoms with Gasteiger partial charge >= 0.3 is 0 Å². The molecule has 2 aromatic heterocycles. The molecule has 0 N–H and O–H groups in total. The quantitative estimate of drug-likeness (QED) is 0.163. The molecule has 270 valence electrons. The minimum atomic E-state index is -0.121. The molecule has 0 radical (unpaired) electrons. The Hall–Kier alpha value is -7.37. The summed E-state index contributed by atoms with van der Waals surface area (Å²) in [4.78, 5) is 25.1. The molecule has 0 aliphatic heterocycles. The minimum Gasteiger partial charge on any atom is -0.228 e. The van der Waals surface area contributed by atoms with Gasteiger partial charge in [-0.1, -0.05) is 184 Å². The standard InChI is InChI=1S/C52H37N5/c1-52(2)44-24-13-12-23-42(44)43-30-29-41(32-45(43)52)51-53-46(35-15-6-3-7-16-35)33-47(54-51)40-22-14-21-39(31-40)34-25-27-38(28-26-34)50-56-48(36-17-8-4-9-18-36)55-49(57-50)37-19-10-5-11-20-37/h3-33H,1-2H3. The summed E-state index contributed by atoms with van der Waals surface area (Å²) in [6.07, 6.45) is 0. The summed E-state index contributed by atoms with van der Waals surface area (Å²) in [5.74, 6) is 2.62. The molecular weight excluding hydrogens is 695 g/mol. The molecule has 0 atom stereocenters. The molecule has 57 heavy (non-hydrogen) atoms. The Morgan fingerprint density at radius 2 is 0.719 bits per heavy atom. The van der Waals surface area contributed by atoms with Crippen LogP contribution in [0.2, 0.25) is 0 Å². The third kappa shape index (κ3) is 6.39. The van der Waals surface area contributed by atoms with Gasteiger partial charge in [0.15, 0.2) is 23.3 Å². The third-order valence-electron chi connectivity index (χ3n) is 11.0. The van der Waals surface area contributed by atoms with E-state index in [-0.39, 0.29) is 5.41 Å². The van der Waals surface area contributed by atoms with Gasteiger partial charge in [0.05, 0.1) is 11.4 Å². The summed E-state index contributed by atoms with van der Waals surface area (Å²) in [7, 11) is 0. The van der Waals surface area contributed by atoms with Crippen LogP contribution in [0.15, 0.2) is 188 Å². The predicted molar refractivity (Wildman–Crippen MR) is 231 cm³/mol. The van der Waals surface area contributed by atoms with Gasteiger partial charge in [0.25, 0.3) is 0 Å². The molecule has 10 rings (SSSR count). The van der Waals surface area contributed by atoms with Gasteiger partial charge in [-0.2, -0.15) is 0 Å². The topological polar surface area (TPSA) is 64.5 Å². The van der Waals surface area contributed by atoms with Gasteiger partial charge in [0, 0.05) is 38.8 Å². The van der Waals surface area contributed by atoms with Crippen molar-refractivity contribution in [1.82, 2.24) is 24.9 Å². The fourth-order valence-electron chi connectivity index (χ4n) is 7.93. The highest BCUT2D eigenvalue weighted by Crippen LogP contribution is 2.49. The van der Waals surface area contributed by atoms with Crippen molar-refractivity contribution >= 4 is 0 Å². The minimum absolute atomic E-state index is 0.121. The highest BCUT2D eigenvalue weighted by atomic mass is 15.0. The van der Waals surface area contributed by atoms with Crippen LogP contribution in [0.1, 0.15) is 25.0 Å². The lowest BCUT2D eigenvalue weighted by Gasteiger charge is -2.21. The maximum atomic E-state index is 5.24. The van der Waals surface area contributed by atoms with Gasteiger partial charge in [-0.05, 0) is 51.6 Å². The summed E-state index contributed by atoms with van der Waals surface area (Å²) >= 11 is 0. The Balaban J connectivity index is 1.02. The summed E-state index contributed by atoms with van der Waals surface area (Å²) in [6, 6.07) is 65.0. The van der Waals surface area contributed by atoms with E-state index in [4.69, 9.17) is 24.9 Å². The first-order valence-corrected chi connectivity index (χ1v) is 19.3. The van der Waals surface area contributed by atoms with Crippen LogP contribution in [0, 0.1) is 0 Å². The maximum absolute atomic E-state index is 5.24. The highest BCUT2D eigenvalue weighted by Gasteiger charge is 2.35. The van der Waals surface area contributed by atoms with Gasteiger partial charge in [0.1, 0.15) is 0 Å². The lowest BCUT2D eigenvalue weighted by atomic mass is 9.82. The fraction of sp³-hybridized carbons (Fsp3) is 0.0577. The van der Waals surface area contributed by atoms with Crippen molar-refractivity contribution < 1.29 is 0 Å². The molecule has 0 unspecified atom stereocenters. The van der Waals surface area contributed by atoms with Crippen LogP contribution >= 0.6 is 0 Å². The van der Waals surface area contributed by atoms with Crippen molar-refractivity contribution in [3.63, 3.8) is 0 Å². The van der Waals surface area contributed by atoms with E-state index in [2.05, 4.69) is 135 Å². The van der Waals surface area contributed by atoms with Crippen LogP contribution in [-0.2, 0) is 5.41 Å². The predicted octanol–water partition coefficient (Wildman–Crippen LogP) is 12.6. The molecule has 0 fully saturated rings. The second-order valence-electron chi connectivity index (χ2n) is 15.0. The summed E-state index contributed by atoms with van der Waals surface area (Å²) < 4.78 is 0. The van der Waals surface area contributed by atoms with Crippen LogP contribution in [0.25, 0.3) is 90.3 Å². The van der Waals surface area contributed by atoms with Gasteiger partial charge in [-0.25, -0.2) is 24.9 Å². The monoisotopic (exact) mass is 731 g/mol. The largest absolute Gasteiger partial charge is 0.228 e. The molecule has 0 spiro atoms. The van der Waals surface area contributed by atoms with E-state index in [1.807, 2.05) is 66.7 Å². The molecule has 0 saturated heterocycles. The molecule has 0 saturated carbocycles. The Kier molecular flexibility index (Phi) is 8.41. The van der Waals surface area contributed by atoms with E-state index in [1.165, 1.54) is 22.3 Å². The average molecular weight is 732 g/mol. The van der Waals surface area contributed by atoms with E-state index < -0.39 is 0 Å². The number of rotatable bonds is 7. The van der Waals surface area contributed by atoms with Crippen molar-refractivity contribution in [1.29, 1.82) is 0 Å². The molecule has 5 heteroatoms. The van der Waals surface area contributed by atoms with Gasteiger partial charge in [-0.3, -0.25) is 0 Å². The summed E-state index contributed by atoms with van der Waals surface area (Å²) in [5.41, 5.74) is 14.9. The molecule has 1 aliphatic carbocycles.